The van der Waals surface area contributed by atoms with Gasteiger partial charge < -0.3 is 19.8 Å². The third kappa shape index (κ3) is 4.29. The fraction of sp³-hybridized carbons (Fsp3) is 0. The second kappa shape index (κ2) is 7.84. The van der Waals surface area contributed by atoms with Crippen molar-refractivity contribution in [3.05, 3.63) is 67.8 Å². The summed E-state index contributed by atoms with van der Waals surface area (Å²) in [5.41, 5.74) is -1.76. The predicted molar refractivity (Wildman–Crippen MR) is 86.6 cm³/mol. The summed E-state index contributed by atoms with van der Waals surface area (Å²) >= 11 is 0. The second-order valence-electron chi connectivity index (χ2n) is 4.62. The van der Waals surface area contributed by atoms with Gasteiger partial charge in [-0.3, -0.25) is 20.2 Å². The molecule has 26 heavy (non-hydrogen) atoms. The molecule has 0 unspecified atom stereocenters. The molecule has 0 aliphatic rings. The zero-order valence-electron chi connectivity index (χ0n) is 12.4. The Morgan fingerprint density at radius 2 is 1.08 bits per heavy atom. The van der Waals surface area contributed by atoms with Gasteiger partial charge in [0.15, 0.2) is 0 Å². The van der Waals surface area contributed by atoms with Crippen LogP contribution in [0.2, 0.25) is 0 Å². The van der Waals surface area contributed by atoms with Crippen LogP contribution in [-0.4, -0.2) is 21.8 Å². The molecule has 0 bridgehead atoms. The Kier molecular flexibility index (Phi) is 5.79. The number of nitro groups is 2. The van der Waals surface area contributed by atoms with Gasteiger partial charge in [0.25, 0.3) is 11.4 Å². The van der Waals surface area contributed by atoms with E-state index < -0.39 is 33.2 Å². The molecule has 0 saturated carbocycles. The number of carboxylic acids is 2. The summed E-state index contributed by atoms with van der Waals surface area (Å²) < 4.78 is 0. The van der Waals surface area contributed by atoms with Crippen molar-refractivity contribution in [1.82, 2.24) is 0 Å². The molecule has 0 heterocycles. The fourth-order valence-electron chi connectivity index (χ4n) is 1.80. The number of hydrogen-bond acceptors (Lipinski definition) is 10. The van der Waals surface area contributed by atoms with E-state index >= 15 is 0 Å². The Hall–Kier alpha value is -3.12. The summed E-state index contributed by atoms with van der Waals surface area (Å²) in [6, 6.07) is 6.24. The van der Waals surface area contributed by atoms with Crippen LogP contribution in [0, 0.1) is 20.2 Å². The smallest absolute Gasteiger partial charge is 0.284 e. The standard InChI is InChI=1S/C14H8N2O8S2/c17-13(18)7-1-3-11(9(5-7)15(21)22)25-26-12-4-2-8(14(19)20)6-10(12)16(23)24/h1-6H,(H,17,18)(H,19,20)/p-2. The summed E-state index contributed by atoms with van der Waals surface area (Å²) in [6.45, 7) is 0. The minimum Gasteiger partial charge on any atom is -0.545 e. The van der Waals surface area contributed by atoms with Crippen molar-refractivity contribution in [2.24, 2.45) is 0 Å². The molecule has 0 atom stereocenters. The van der Waals surface area contributed by atoms with Gasteiger partial charge in [-0.1, -0.05) is 12.1 Å². The van der Waals surface area contributed by atoms with E-state index in [1.54, 1.807) is 0 Å². The average molecular weight is 394 g/mol. The van der Waals surface area contributed by atoms with Gasteiger partial charge in [0.1, 0.15) is 0 Å². The Morgan fingerprint density at radius 3 is 1.35 bits per heavy atom. The number of hydrogen-bond donors (Lipinski definition) is 0. The van der Waals surface area contributed by atoms with Crippen molar-refractivity contribution in [3.8, 4) is 0 Å². The van der Waals surface area contributed by atoms with Gasteiger partial charge in [-0.25, -0.2) is 0 Å². The molecule has 0 aliphatic heterocycles. The van der Waals surface area contributed by atoms with Crippen LogP contribution in [0.4, 0.5) is 11.4 Å². The summed E-state index contributed by atoms with van der Waals surface area (Å²) in [7, 11) is 1.58. The molecule has 0 aromatic heterocycles. The average Bonchev–Trinajstić information content (AvgIpc) is 2.59. The van der Waals surface area contributed by atoms with Gasteiger partial charge in [0.2, 0.25) is 0 Å². The van der Waals surface area contributed by atoms with Crippen LogP contribution >= 0.6 is 21.6 Å². The maximum absolute atomic E-state index is 11.1. The van der Waals surface area contributed by atoms with E-state index in [1.165, 1.54) is 12.1 Å². The van der Waals surface area contributed by atoms with Crippen molar-refractivity contribution in [1.29, 1.82) is 0 Å². The first-order chi connectivity index (χ1) is 12.2. The largest absolute Gasteiger partial charge is 0.545 e. The number of carbonyl (C=O) groups excluding carboxylic acids is 2. The highest BCUT2D eigenvalue weighted by atomic mass is 33.1. The van der Waals surface area contributed by atoms with Gasteiger partial charge in [0, 0.05) is 23.3 Å². The molecule has 134 valence electrons. The van der Waals surface area contributed by atoms with Crippen LogP contribution in [-0.2, 0) is 0 Å². The lowest BCUT2D eigenvalue weighted by Gasteiger charge is -2.08. The zero-order valence-corrected chi connectivity index (χ0v) is 14.1. The van der Waals surface area contributed by atoms with E-state index in [9.17, 15) is 40.0 Å². The quantitative estimate of drug-likeness (QED) is 0.376. The Labute approximate surface area is 152 Å². The molecule has 0 amide bonds. The van der Waals surface area contributed by atoms with Gasteiger partial charge in [-0.05, 0) is 33.7 Å². The fourth-order valence-corrected chi connectivity index (χ4v) is 4.05. The van der Waals surface area contributed by atoms with Crippen LogP contribution in [0.5, 0.6) is 0 Å². The van der Waals surface area contributed by atoms with Crippen molar-refractivity contribution in [2.75, 3.05) is 0 Å². The van der Waals surface area contributed by atoms with Crippen molar-refractivity contribution in [2.45, 2.75) is 9.79 Å². The molecule has 0 saturated heterocycles. The van der Waals surface area contributed by atoms with Crippen LogP contribution in [0.3, 0.4) is 0 Å². The Bertz CT molecular complexity index is 856. The normalized spacial score (nSPS) is 10.3. The molecule has 10 nitrogen and oxygen atoms in total. The summed E-state index contributed by atoms with van der Waals surface area (Å²) in [5, 5.41) is 43.8. The van der Waals surface area contributed by atoms with Crippen molar-refractivity contribution >= 4 is 44.9 Å². The minimum absolute atomic E-state index is 0.0586. The van der Waals surface area contributed by atoms with Gasteiger partial charge in [0.05, 0.1) is 31.6 Å². The number of carboxylic acid groups (broad SMARTS) is 2. The van der Waals surface area contributed by atoms with Crippen LogP contribution in [0.1, 0.15) is 20.7 Å². The topological polar surface area (TPSA) is 167 Å². The molecule has 0 aliphatic carbocycles. The molecule has 0 N–H and O–H groups in total. The molecular weight excluding hydrogens is 388 g/mol. The van der Waals surface area contributed by atoms with E-state index in [1.807, 2.05) is 0 Å². The van der Waals surface area contributed by atoms with Crippen LogP contribution in [0.15, 0.2) is 46.2 Å². The van der Waals surface area contributed by atoms with Crippen LogP contribution < -0.4 is 10.2 Å². The summed E-state index contributed by atoms with van der Waals surface area (Å²) in [6.07, 6.45) is 0. The maximum atomic E-state index is 11.1. The number of benzene rings is 2. The van der Waals surface area contributed by atoms with E-state index in [0.717, 1.165) is 45.9 Å². The highest BCUT2D eigenvalue weighted by Crippen LogP contribution is 2.45. The molecule has 0 spiro atoms. The van der Waals surface area contributed by atoms with Gasteiger partial charge >= 0.3 is 0 Å². The van der Waals surface area contributed by atoms with Crippen molar-refractivity contribution < 1.29 is 29.6 Å². The second-order valence-corrected chi connectivity index (χ2v) is 6.83. The molecule has 0 fully saturated rings. The first kappa shape index (κ1) is 19.2. The zero-order chi connectivity index (χ0) is 19.4. The third-order valence-corrected chi connectivity index (χ3v) is 5.46. The third-order valence-electron chi connectivity index (χ3n) is 3.00. The van der Waals surface area contributed by atoms with E-state index in [0.29, 0.717) is 0 Å². The molecular formula is C14H6N2O8S2-2. The molecule has 2 aromatic rings. The van der Waals surface area contributed by atoms with Crippen LogP contribution in [0.25, 0.3) is 0 Å². The number of nitrogens with zero attached hydrogens (tertiary/aromatic N) is 2. The SMILES string of the molecule is O=C([O-])c1ccc(SSc2ccc(C(=O)[O-])cc2[N+](=O)[O-])c([N+](=O)[O-])c1. The van der Waals surface area contributed by atoms with Gasteiger partial charge in [-0.15, -0.1) is 0 Å². The molecule has 0 radical (unpaired) electrons. The number of carbonyl (C=O) groups is 2. The maximum Gasteiger partial charge on any atom is 0.284 e. The Balaban J connectivity index is 2.34. The molecule has 2 aromatic carbocycles. The van der Waals surface area contributed by atoms with Gasteiger partial charge in [-0.2, -0.15) is 0 Å². The lowest BCUT2D eigenvalue weighted by atomic mass is 10.2. The lowest BCUT2D eigenvalue weighted by Crippen LogP contribution is -2.22. The van der Waals surface area contributed by atoms with E-state index in [2.05, 4.69) is 0 Å². The first-order valence-electron chi connectivity index (χ1n) is 6.54. The first-order valence-corrected chi connectivity index (χ1v) is 8.69. The number of aromatic carboxylic acids is 2. The summed E-state index contributed by atoms with van der Waals surface area (Å²) in [5.74, 6) is -3.16. The molecule has 12 heteroatoms. The highest BCUT2D eigenvalue weighted by Gasteiger charge is 2.20. The lowest BCUT2D eigenvalue weighted by molar-refractivity contribution is -0.388. The monoisotopic (exact) mass is 394 g/mol. The summed E-state index contributed by atoms with van der Waals surface area (Å²) in [4.78, 5) is 42.3. The highest BCUT2D eigenvalue weighted by molar-refractivity contribution is 8.76. The number of nitro benzene ring substituents is 2. The predicted octanol–water partition coefficient (Wildman–Crippen LogP) is 1.03. The molecule has 2 rings (SSSR count). The van der Waals surface area contributed by atoms with E-state index in [4.69, 9.17) is 0 Å². The van der Waals surface area contributed by atoms with Crippen molar-refractivity contribution in [3.63, 3.8) is 0 Å². The minimum atomic E-state index is -1.58. The number of rotatable bonds is 7. The Morgan fingerprint density at radius 1 is 0.731 bits per heavy atom. The van der Waals surface area contributed by atoms with E-state index in [-0.39, 0.29) is 20.9 Å².